The molecular formula is C10H17Ir. The van der Waals surface area contributed by atoms with Gasteiger partial charge in [-0.25, -0.2) is 5.57 Å². The summed E-state index contributed by atoms with van der Waals surface area (Å²) in [6.07, 6.45) is 3.44. The van der Waals surface area contributed by atoms with Gasteiger partial charge in [-0.05, 0) is 0 Å². The predicted molar refractivity (Wildman–Crippen MR) is 46.8 cm³/mol. The molecule has 0 aliphatic heterocycles. The number of rotatable bonds is 0. The van der Waals surface area contributed by atoms with Crippen LogP contribution in [0.2, 0.25) is 0 Å². The monoisotopic (exact) mass is 330 g/mol. The van der Waals surface area contributed by atoms with Crippen molar-refractivity contribution in [2.45, 2.75) is 34.6 Å². The van der Waals surface area contributed by atoms with E-state index in [9.17, 15) is 0 Å². The molecule has 0 nitrogen and oxygen atoms in total. The summed E-state index contributed by atoms with van der Waals surface area (Å²) in [5.41, 5.74) is 4.39. The molecule has 0 aromatic carbocycles. The van der Waals surface area contributed by atoms with Crippen LogP contribution in [0.1, 0.15) is 37.5 Å². The van der Waals surface area contributed by atoms with Crippen molar-refractivity contribution in [2.24, 2.45) is 5.41 Å². The Morgan fingerprint density at radius 2 is 1.64 bits per heavy atom. The summed E-state index contributed by atoms with van der Waals surface area (Å²) in [5.74, 6) is 0. The topological polar surface area (TPSA) is 0 Å². The zero-order valence-electron chi connectivity index (χ0n) is 9.83. The van der Waals surface area contributed by atoms with E-state index in [2.05, 4.69) is 40.7 Å². The van der Waals surface area contributed by atoms with Crippen molar-refractivity contribution in [2.75, 3.05) is 0 Å². The van der Waals surface area contributed by atoms with Crippen LogP contribution in [0.5, 0.6) is 0 Å². The molecule has 1 aliphatic rings. The Morgan fingerprint density at radius 1 is 1.18 bits per heavy atom. The Morgan fingerprint density at radius 3 is 1.73 bits per heavy atom. The quantitative estimate of drug-likeness (QED) is 0.598. The van der Waals surface area contributed by atoms with E-state index in [0.29, 0.717) is 0 Å². The van der Waals surface area contributed by atoms with Crippen molar-refractivity contribution >= 4 is 0 Å². The van der Waals surface area contributed by atoms with E-state index >= 15 is 0 Å². The molecule has 0 aromatic heterocycles. The second kappa shape index (κ2) is 3.25. The Hall–Kier alpha value is 0.129. The molecule has 0 radical (unpaired) electrons. The number of hydrogen-bond acceptors (Lipinski definition) is 0. The molecule has 1 rings (SSSR count). The molecule has 1 aliphatic carbocycles. The SMILES string of the molecule is CC1=[C-]C(C)(C)C(C)=C1C.[H-].[H-].[Ir+3]. The van der Waals surface area contributed by atoms with Crippen molar-refractivity contribution in [3.05, 3.63) is 22.8 Å². The standard InChI is InChI=1S/C10H15.Ir.2H/c1-7-6-10(4,5)9(3)8(7)2;;;/h1-5H3;;;/q-1;+3;2*-1. The normalized spacial score (nSPS) is 21.4. The zero-order chi connectivity index (χ0) is 7.94. The second-order valence-electron chi connectivity index (χ2n) is 3.62. The van der Waals surface area contributed by atoms with Gasteiger partial charge in [0.2, 0.25) is 0 Å². The Bertz CT molecular complexity index is 227. The molecule has 0 unspecified atom stereocenters. The maximum atomic E-state index is 3.44. The Kier molecular flexibility index (Phi) is 3.28. The van der Waals surface area contributed by atoms with E-state index in [1.54, 1.807) is 0 Å². The first-order valence-electron chi connectivity index (χ1n) is 3.75. The number of allylic oxidation sites excluding steroid dienone is 4. The number of hydrogen-bond donors (Lipinski definition) is 0. The molecule has 0 saturated carbocycles. The van der Waals surface area contributed by atoms with Gasteiger partial charge in [-0.2, -0.15) is 11.1 Å². The van der Waals surface area contributed by atoms with Crippen LogP contribution in [-0.4, -0.2) is 0 Å². The molecule has 0 fully saturated rings. The van der Waals surface area contributed by atoms with Crippen LogP contribution in [0.15, 0.2) is 16.7 Å². The summed E-state index contributed by atoms with van der Waals surface area (Å²) in [7, 11) is 0. The minimum absolute atomic E-state index is 0. The molecule has 11 heavy (non-hydrogen) atoms. The van der Waals surface area contributed by atoms with E-state index in [0.717, 1.165) is 0 Å². The molecule has 0 N–H and O–H groups in total. The summed E-state index contributed by atoms with van der Waals surface area (Å²) >= 11 is 0. The van der Waals surface area contributed by atoms with E-state index in [1.165, 1.54) is 16.7 Å². The van der Waals surface area contributed by atoms with Crippen LogP contribution in [0.3, 0.4) is 0 Å². The van der Waals surface area contributed by atoms with Crippen LogP contribution >= 0.6 is 0 Å². The molecule has 0 amide bonds. The first-order valence-corrected chi connectivity index (χ1v) is 3.75. The average molecular weight is 329 g/mol. The molecule has 0 bridgehead atoms. The van der Waals surface area contributed by atoms with E-state index < -0.39 is 0 Å². The van der Waals surface area contributed by atoms with E-state index in [-0.39, 0.29) is 28.4 Å². The van der Waals surface area contributed by atoms with Gasteiger partial charge in [0.1, 0.15) is 0 Å². The first kappa shape index (κ1) is 11.1. The van der Waals surface area contributed by atoms with Crippen LogP contribution in [-0.2, 0) is 20.1 Å². The third-order valence-corrected chi connectivity index (χ3v) is 2.56. The average Bonchev–Trinajstić information content (AvgIpc) is 1.95. The molecule has 0 spiro atoms. The molecule has 0 atom stereocenters. The van der Waals surface area contributed by atoms with Gasteiger partial charge in [-0.3, -0.25) is 6.08 Å². The van der Waals surface area contributed by atoms with E-state index in [1.807, 2.05) is 0 Å². The van der Waals surface area contributed by atoms with Crippen molar-refractivity contribution in [1.29, 1.82) is 0 Å². The molecule has 1 heteroatoms. The van der Waals surface area contributed by atoms with Gasteiger partial charge in [-0.1, -0.05) is 33.1 Å². The summed E-state index contributed by atoms with van der Waals surface area (Å²) in [6.45, 7) is 10.9. The largest absolute Gasteiger partial charge is 3.00 e. The molecule has 0 aromatic rings. The van der Waals surface area contributed by atoms with Gasteiger partial charge in [0.05, 0.1) is 0 Å². The van der Waals surface area contributed by atoms with Crippen LogP contribution in [0, 0.1) is 11.5 Å². The predicted octanol–water partition coefficient (Wildman–Crippen LogP) is 3.33. The summed E-state index contributed by atoms with van der Waals surface area (Å²) < 4.78 is 0. The molecule has 0 saturated heterocycles. The first-order chi connectivity index (χ1) is 4.45. The molecule has 0 heterocycles. The zero-order valence-corrected chi connectivity index (χ0v) is 10.2. The summed E-state index contributed by atoms with van der Waals surface area (Å²) in [6, 6.07) is 0. The minimum atomic E-state index is 0. The fraction of sp³-hybridized carbons (Fsp3) is 0.600. The third kappa shape index (κ3) is 1.83. The van der Waals surface area contributed by atoms with Gasteiger partial charge in [0.25, 0.3) is 0 Å². The van der Waals surface area contributed by atoms with Gasteiger partial charge in [0.15, 0.2) is 0 Å². The van der Waals surface area contributed by atoms with E-state index in [4.69, 9.17) is 0 Å². The van der Waals surface area contributed by atoms with Crippen LogP contribution in [0.4, 0.5) is 0 Å². The molecular weight excluding hydrogens is 312 g/mol. The second-order valence-corrected chi connectivity index (χ2v) is 3.62. The van der Waals surface area contributed by atoms with Crippen molar-refractivity contribution in [3.8, 4) is 0 Å². The summed E-state index contributed by atoms with van der Waals surface area (Å²) in [4.78, 5) is 0. The molecule has 66 valence electrons. The van der Waals surface area contributed by atoms with Crippen LogP contribution in [0.25, 0.3) is 0 Å². The fourth-order valence-corrected chi connectivity index (χ4v) is 1.41. The van der Waals surface area contributed by atoms with Crippen LogP contribution < -0.4 is 0 Å². The van der Waals surface area contributed by atoms with Crippen molar-refractivity contribution in [1.82, 2.24) is 0 Å². The van der Waals surface area contributed by atoms with Crippen molar-refractivity contribution in [3.63, 3.8) is 0 Å². The maximum absolute atomic E-state index is 3.44. The third-order valence-electron chi connectivity index (χ3n) is 2.56. The van der Waals surface area contributed by atoms with Gasteiger partial charge in [0, 0.05) is 0 Å². The van der Waals surface area contributed by atoms with Crippen molar-refractivity contribution < 1.29 is 23.0 Å². The minimum Gasteiger partial charge on any atom is -1.00 e. The fourth-order valence-electron chi connectivity index (χ4n) is 1.41. The summed E-state index contributed by atoms with van der Waals surface area (Å²) in [5, 5.41) is 0. The van der Waals surface area contributed by atoms with Gasteiger partial charge >= 0.3 is 20.1 Å². The Balaban J connectivity index is -0.000000333. The maximum Gasteiger partial charge on any atom is 3.00 e. The smallest absolute Gasteiger partial charge is 1.00 e. The Labute approximate surface area is 86.1 Å². The van der Waals surface area contributed by atoms with Gasteiger partial charge in [-0.15, -0.1) is 6.92 Å². The van der Waals surface area contributed by atoms with Gasteiger partial charge < -0.3 is 2.85 Å².